The number of carboxylic acids is 1. The Morgan fingerprint density at radius 1 is 1.00 bits per heavy atom. The first kappa shape index (κ1) is 18.3. The Bertz CT molecular complexity index is 1190. The number of pyridine rings is 3. The highest BCUT2D eigenvalue weighted by atomic mass is 19.4. The highest BCUT2D eigenvalue weighted by Gasteiger charge is 2.32. The van der Waals surface area contributed by atoms with Crippen molar-refractivity contribution in [3.05, 3.63) is 60.2 Å². The van der Waals surface area contributed by atoms with Gasteiger partial charge >= 0.3 is 12.1 Å². The normalized spacial score (nSPS) is 11.6. The molecule has 0 aliphatic carbocycles. The molecule has 4 rings (SSSR count). The van der Waals surface area contributed by atoms with Crippen LogP contribution >= 0.6 is 0 Å². The Kier molecular flexibility index (Phi) is 4.34. The van der Waals surface area contributed by atoms with Crippen molar-refractivity contribution in [1.82, 2.24) is 24.9 Å². The Labute approximate surface area is 160 Å². The number of rotatable bonds is 4. The Hall–Kier alpha value is -4.02. The number of alkyl halides is 3. The second-order valence-electron chi connectivity index (χ2n) is 5.96. The Morgan fingerprint density at radius 3 is 2.41 bits per heavy atom. The molecule has 0 saturated heterocycles. The first-order chi connectivity index (χ1) is 13.8. The lowest BCUT2D eigenvalue weighted by Gasteiger charge is -2.05. The number of aromatic amines is 1. The molecule has 0 radical (unpaired) electrons. The van der Waals surface area contributed by atoms with Crippen LogP contribution in [0.2, 0.25) is 0 Å². The van der Waals surface area contributed by atoms with Gasteiger partial charge in [0.25, 0.3) is 0 Å². The number of carboxylic acid groups (broad SMARTS) is 1. The summed E-state index contributed by atoms with van der Waals surface area (Å²) in [5.74, 6) is 0.0794. The number of hydrogen-bond donors (Lipinski definition) is 3. The quantitative estimate of drug-likeness (QED) is 0.476. The summed E-state index contributed by atoms with van der Waals surface area (Å²) in [5, 5.41) is 11.8. The van der Waals surface area contributed by atoms with Gasteiger partial charge in [0.05, 0.1) is 22.8 Å². The van der Waals surface area contributed by atoms with Crippen LogP contribution in [0.4, 0.5) is 24.8 Å². The van der Waals surface area contributed by atoms with Gasteiger partial charge in [-0.1, -0.05) is 0 Å². The molecule has 0 aromatic carbocycles. The molecule has 8 nitrogen and oxygen atoms in total. The third-order valence-corrected chi connectivity index (χ3v) is 3.96. The van der Waals surface area contributed by atoms with Crippen LogP contribution < -0.4 is 5.32 Å². The molecular formula is C18H11F3N6O2. The first-order valence-corrected chi connectivity index (χ1v) is 8.15. The molecule has 0 amide bonds. The van der Waals surface area contributed by atoms with Gasteiger partial charge < -0.3 is 15.4 Å². The molecule has 0 fully saturated rings. The molecule has 11 heteroatoms. The average molecular weight is 400 g/mol. The third kappa shape index (κ3) is 3.83. The monoisotopic (exact) mass is 400 g/mol. The van der Waals surface area contributed by atoms with E-state index in [0.717, 1.165) is 12.3 Å². The number of H-pyrrole nitrogens is 1. The smallest absolute Gasteiger partial charge is 0.433 e. The van der Waals surface area contributed by atoms with E-state index in [1.807, 2.05) is 0 Å². The SMILES string of the molecule is O=C(O)c1ccc(Nc2cc3nc(-c4ccc(C(F)(F)F)nc4)[nH]c3cn2)nc1. The maximum atomic E-state index is 12.6. The number of anilines is 2. The van der Waals surface area contributed by atoms with Crippen LogP contribution in [0.3, 0.4) is 0 Å². The third-order valence-electron chi connectivity index (χ3n) is 3.96. The number of fused-ring (bicyclic) bond motifs is 1. The molecule has 4 heterocycles. The highest BCUT2D eigenvalue weighted by molar-refractivity contribution is 5.87. The van der Waals surface area contributed by atoms with Crippen molar-refractivity contribution in [2.24, 2.45) is 0 Å². The molecule has 0 saturated carbocycles. The topological polar surface area (TPSA) is 117 Å². The predicted octanol–water partition coefficient (Wildman–Crippen LogP) is 3.88. The zero-order valence-corrected chi connectivity index (χ0v) is 14.4. The lowest BCUT2D eigenvalue weighted by molar-refractivity contribution is -0.141. The minimum Gasteiger partial charge on any atom is -0.478 e. The van der Waals surface area contributed by atoms with Gasteiger partial charge in [0, 0.05) is 24.0 Å². The van der Waals surface area contributed by atoms with E-state index >= 15 is 0 Å². The minimum atomic E-state index is -4.51. The highest BCUT2D eigenvalue weighted by Crippen LogP contribution is 2.29. The zero-order valence-electron chi connectivity index (χ0n) is 14.4. The summed E-state index contributed by atoms with van der Waals surface area (Å²) in [6.45, 7) is 0. The number of nitrogens with one attached hydrogen (secondary N) is 2. The maximum absolute atomic E-state index is 12.6. The van der Waals surface area contributed by atoms with Gasteiger partial charge in [-0.2, -0.15) is 13.2 Å². The van der Waals surface area contributed by atoms with E-state index in [1.165, 1.54) is 30.6 Å². The van der Waals surface area contributed by atoms with Gasteiger partial charge in [-0.05, 0) is 24.3 Å². The number of imidazole rings is 1. The fraction of sp³-hybridized carbons (Fsp3) is 0.0556. The summed E-state index contributed by atoms with van der Waals surface area (Å²) in [5.41, 5.74) is 0.585. The summed E-state index contributed by atoms with van der Waals surface area (Å²) < 4.78 is 37.9. The van der Waals surface area contributed by atoms with Crippen LogP contribution in [0.15, 0.2) is 48.9 Å². The van der Waals surface area contributed by atoms with Gasteiger partial charge in [0.2, 0.25) is 0 Å². The number of nitrogens with zero attached hydrogens (tertiary/aromatic N) is 4. The van der Waals surface area contributed by atoms with Crippen LogP contribution in [0.5, 0.6) is 0 Å². The van der Waals surface area contributed by atoms with Gasteiger partial charge in [-0.25, -0.2) is 19.7 Å². The molecule has 0 spiro atoms. The molecule has 0 bridgehead atoms. The second-order valence-corrected chi connectivity index (χ2v) is 5.96. The van der Waals surface area contributed by atoms with Crippen LogP contribution in [0.25, 0.3) is 22.4 Å². The second kappa shape index (κ2) is 6.86. The van der Waals surface area contributed by atoms with Crippen molar-refractivity contribution in [2.45, 2.75) is 6.18 Å². The standard InChI is InChI=1S/C18H11F3N6O2/c19-18(20,21)13-3-1-9(6-22-13)16-25-11-5-15(24-8-12(11)26-16)27-14-4-2-10(7-23-14)17(28)29/h1-8H,(H,25,26)(H,28,29)(H,23,24,27). The molecule has 0 aliphatic heterocycles. The van der Waals surface area contributed by atoms with Gasteiger partial charge in [-0.3, -0.25) is 4.98 Å². The maximum Gasteiger partial charge on any atom is 0.433 e. The molecular weight excluding hydrogens is 389 g/mol. The van der Waals surface area contributed by atoms with E-state index in [9.17, 15) is 18.0 Å². The number of carbonyl (C=O) groups is 1. The van der Waals surface area contributed by atoms with E-state index < -0.39 is 17.8 Å². The van der Waals surface area contributed by atoms with E-state index in [4.69, 9.17) is 5.11 Å². The molecule has 4 aromatic heterocycles. The zero-order chi connectivity index (χ0) is 20.6. The molecule has 3 N–H and O–H groups in total. The van der Waals surface area contributed by atoms with Crippen molar-refractivity contribution < 1.29 is 23.1 Å². The minimum absolute atomic E-state index is 0.0565. The number of halogens is 3. The van der Waals surface area contributed by atoms with Crippen molar-refractivity contribution in [1.29, 1.82) is 0 Å². The molecule has 0 unspecified atom stereocenters. The summed E-state index contributed by atoms with van der Waals surface area (Å²) >= 11 is 0. The fourth-order valence-corrected chi connectivity index (χ4v) is 2.54. The van der Waals surface area contributed by atoms with Crippen LogP contribution in [0.1, 0.15) is 16.1 Å². The van der Waals surface area contributed by atoms with E-state index in [-0.39, 0.29) is 5.56 Å². The summed E-state index contributed by atoms with van der Waals surface area (Å²) in [6.07, 6.45) is -0.681. The molecule has 0 aliphatic rings. The van der Waals surface area contributed by atoms with Gasteiger partial charge in [-0.15, -0.1) is 0 Å². The number of aromatic carboxylic acids is 1. The lowest BCUT2D eigenvalue weighted by atomic mass is 10.2. The summed E-state index contributed by atoms with van der Waals surface area (Å²) in [4.78, 5) is 29.8. The van der Waals surface area contributed by atoms with Crippen molar-refractivity contribution in [3.63, 3.8) is 0 Å². The van der Waals surface area contributed by atoms with E-state index in [2.05, 4.69) is 30.2 Å². The number of hydrogen-bond acceptors (Lipinski definition) is 6. The molecule has 29 heavy (non-hydrogen) atoms. The summed E-state index contributed by atoms with van der Waals surface area (Å²) in [6, 6.07) is 6.70. The van der Waals surface area contributed by atoms with Crippen LogP contribution in [-0.2, 0) is 6.18 Å². The van der Waals surface area contributed by atoms with Gasteiger partial charge in [0.1, 0.15) is 23.2 Å². The summed E-state index contributed by atoms with van der Waals surface area (Å²) in [7, 11) is 0. The van der Waals surface area contributed by atoms with E-state index in [0.29, 0.717) is 34.1 Å². The van der Waals surface area contributed by atoms with E-state index in [1.54, 1.807) is 6.07 Å². The average Bonchev–Trinajstić information content (AvgIpc) is 3.11. The fourth-order valence-electron chi connectivity index (χ4n) is 2.54. The lowest BCUT2D eigenvalue weighted by Crippen LogP contribution is -2.07. The largest absolute Gasteiger partial charge is 0.478 e. The van der Waals surface area contributed by atoms with Crippen molar-refractivity contribution >= 4 is 28.6 Å². The van der Waals surface area contributed by atoms with Crippen molar-refractivity contribution in [3.8, 4) is 11.4 Å². The van der Waals surface area contributed by atoms with Crippen LogP contribution in [0, 0.1) is 0 Å². The Balaban J connectivity index is 1.58. The number of aromatic nitrogens is 5. The predicted molar refractivity (Wildman–Crippen MR) is 96.6 cm³/mol. The van der Waals surface area contributed by atoms with Crippen molar-refractivity contribution in [2.75, 3.05) is 5.32 Å². The molecule has 0 atom stereocenters. The Morgan fingerprint density at radius 2 is 1.79 bits per heavy atom. The molecule has 146 valence electrons. The van der Waals surface area contributed by atoms with Gasteiger partial charge in [0.15, 0.2) is 0 Å². The van der Waals surface area contributed by atoms with Crippen LogP contribution in [-0.4, -0.2) is 36.0 Å². The molecule has 4 aromatic rings. The first-order valence-electron chi connectivity index (χ1n) is 8.15.